The van der Waals surface area contributed by atoms with E-state index in [1.165, 1.54) is 11.5 Å². The maximum absolute atomic E-state index is 13.4. The van der Waals surface area contributed by atoms with E-state index in [9.17, 15) is 24.5 Å². The number of benzene rings is 1. The minimum Gasteiger partial charge on any atom is -0.457 e. The third-order valence-electron chi connectivity index (χ3n) is 6.33. The highest BCUT2D eigenvalue weighted by molar-refractivity contribution is 5.93. The molecule has 0 amide bonds. The van der Waals surface area contributed by atoms with Gasteiger partial charge in [-0.15, -0.1) is 0 Å². The Morgan fingerprint density at radius 1 is 1.33 bits per heavy atom. The van der Waals surface area contributed by atoms with E-state index in [1.54, 1.807) is 38.1 Å². The van der Waals surface area contributed by atoms with Gasteiger partial charge in [0.15, 0.2) is 0 Å². The van der Waals surface area contributed by atoms with Crippen LogP contribution < -0.4 is 5.56 Å². The molecular formula is C23H19N3O7. The predicted molar refractivity (Wildman–Crippen MR) is 115 cm³/mol. The number of hydrogen-bond donors (Lipinski definition) is 0. The molecule has 5 rings (SSSR count). The van der Waals surface area contributed by atoms with Crippen LogP contribution in [0.2, 0.25) is 0 Å². The molecule has 0 saturated heterocycles. The number of carbonyl (C=O) groups is 2. The van der Waals surface area contributed by atoms with Gasteiger partial charge in [-0.2, -0.15) is 0 Å². The van der Waals surface area contributed by atoms with Crippen LogP contribution >= 0.6 is 0 Å². The zero-order chi connectivity index (χ0) is 23.7. The second kappa shape index (κ2) is 6.96. The first-order valence-corrected chi connectivity index (χ1v) is 10.4. The van der Waals surface area contributed by atoms with Crippen LogP contribution in [0.25, 0.3) is 22.3 Å². The third kappa shape index (κ3) is 2.80. The Morgan fingerprint density at radius 2 is 2.09 bits per heavy atom. The summed E-state index contributed by atoms with van der Waals surface area (Å²) in [6, 6.07) is 6.67. The van der Waals surface area contributed by atoms with Crippen molar-refractivity contribution in [2.24, 2.45) is 0 Å². The van der Waals surface area contributed by atoms with Crippen LogP contribution in [0.4, 0.5) is 5.69 Å². The minimum absolute atomic E-state index is 0.0238. The number of rotatable bonds is 3. The molecule has 4 heterocycles. The minimum atomic E-state index is -1.72. The number of nitro benzene ring substituents is 1. The number of esters is 2. The number of hydrogen-bond acceptors (Lipinski definition) is 8. The fourth-order valence-corrected chi connectivity index (χ4v) is 4.79. The average Bonchev–Trinajstić information content (AvgIpc) is 3.12. The van der Waals surface area contributed by atoms with Crippen LogP contribution in [-0.2, 0) is 37.8 Å². The fourth-order valence-electron chi connectivity index (χ4n) is 4.79. The molecule has 2 aliphatic heterocycles. The molecule has 0 aliphatic carbocycles. The molecule has 168 valence electrons. The van der Waals surface area contributed by atoms with Crippen LogP contribution in [0.5, 0.6) is 0 Å². The quantitative estimate of drug-likeness (QED) is 0.265. The number of pyridine rings is 2. The largest absolute Gasteiger partial charge is 0.457 e. The Morgan fingerprint density at radius 3 is 2.76 bits per heavy atom. The first-order chi connectivity index (χ1) is 15.7. The molecule has 3 aromatic rings. The number of carbonyl (C=O) groups excluding carboxylic acids is 2. The van der Waals surface area contributed by atoms with Gasteiger partial charge in [-0.25, -0.2) is 9.78 Å². The molecule has 0 fully saturated rings. The Labute approximate surface area is 186 Å². The van der Waals surface area contributed by atoms with Gasteiger partial charge in [-0.1, -0.05) is 13.0 Å². The summed E-state index contributed by atoms with van der Waals surface area (Å²) in [5.74, 6) is -1.40. The van der Waals surface area contributed by atoms with Crippen molar-refractivity contribution in [3.05, 3.63) is 67.0 Å². The number of nitro groups is 1. The normalized spacial score (nSPS) is 18.3. The smallest absolute Gasteiger partial charge is 0.355 e. The average molecular weight is 449 g/mol. The van der Waals surface area contributed by atoms with Crippen molar-refractivity contribution in [2.45, 2.75) is 45.9 Å². The maximum atomic E-state index is 13.4. The van der Waals surface area contributed by atoms with E-state index < -0.39 is 22.5 Å². The molecule has 0 spiro atoms. The maximum Gasteiger partial charge on any atom is 0.355 e. The van der Waals surface area contributed by atoms with Crippen LogP contribution in [0.15, 0.2) is 29.1 Å². The number of ether oxygens (including phenoxy) is 2. The molecule has 10 heteroatoms. The second-order valence-electron chi connectivity index (χ2n) is 8.21. The van der Waals surface area contributed by atoms with E-state index in [2.05, 4.69) is 4.98 Å². The van der Waals surface area contributed by atoms with Crippen molar-refractivity contribution < 1.29 is 24.0 Å². The molecule has 1 aromatic carbocycles. The number of aryl methyl sites for hydroxylation is 1. The van der Waals surface area contributed by atoms with E-state index >= 15 is 0 Å². The highest BCUT2D eigenvalue weighted by atomic mass is 16.6. The van der Waals surface area contributed by atoms with Gasteiger partial charge in [0.05, 0.1) is 39.3 Å². The van der Waals surface area contributed by atoms with Gasteiger partial charge in [-0.3, -0.25) is 19.7 Å². The van der Waals surface area contributed by atoms with Crippen molar-refractivity contribution in [1.82, 2.24) is 9.55 Å². The summed E-state index contributed by atoms with van der Waals surface area (Å²) in [5.41, 5.74) is 0.940. The second-order valence-corrected chi connectivity index (χ2v) is 8.21. The number of cyclic esters (lactones) is 1. The Bertz CT molecular complexity index is 1470. The molecule has 0 radical (unpaired) electrons. The zero-order valence-corrected chi connectivity index (χ0v) is 18.1. The highest BCUT2D eigenvalue weighted by Crippen LogP contribution is 2.41. The van der Waals surface area contributed by atoms with Crippen LogP contribution in [0, 0.1) is 17.0 Å². The molecule has 2 aliphatic rings. The standard InChI is InChI=1S/C23H19N3O7/c1-4-23(33-12(3)27)16-8-18-19-13(9-25(18)21(28)15(16)10-32-22(23)29)7-14-17(24-19)6-5-11(2)20(14)26(30)31/h5-8H,4,9-10H2,1-3H3. The lowest BCUT2D eigenvalue weighted by molar-refractivity contribution is -0.383. The van der Waals surface area contributed by atoms with Crippen molar-refractivity contribution in [2.75, 3.05) is 0 Å². The predicted octanol–water partition coefficient (Wildman–Crippen LogP) is 2.87. The lowest BCUT2D eigenvalue weighted by Gasteiger charge is -2.35. The molecule has 10 nitrogen and oxygen atoms in total. The van der Waals surface area contributed by atoms with Crippen molar-refractivity contribution >= 4 is 28.5 Å². The van der Waals surface area contributed by atoms with Gasteiger partial charge in [0, 0.05) is 23.6 Å². The van der Waals surface area contributed by atoms with E-state index in [4.69, 9.17) is 9.47 Å². The number of fused-ring (bicyclic) bond motifs is 5. The Balaban J connectivity index is 1.79. The fraction of sp³-hybridized carbons (Fsp3) is 0.304. The summed E-state index contributed by atoms with van der Waals surface area (Å²) in [6.45, 7) is 4.47. The van der Waals surface area contributed by atoms with Crippen LogP contribution in [0.1, 0.15) is 42.5 Å². The van der Waals surface area contributed by atoms with Gasteiger partial charge in [-0.05, 0) is 31.5 Å². The van der Waals surface area contributed by atoms with Gasteiger partial charge in [0.2, 0.25) is 5.60 Å². The molecule has 0 saturated carbocycles. The highest BCUT2D eigenvalue weighted by Gasteiger charge is 2.50. The molecule has 1 atom stereocenters. The summed E-state index contributed by atoms with van der Waals surface area (Å²) < 4.78 is 12.2. The lowest BCUT2D eigenvalue weighted by Crippen LogP contribution is -2.47. The number of aromatic nitrogens is 2. The summed E-state index contributed by atoms with van der Waals surface area (Å²) in [7, 11) is 0. The van der Waals surface area contributed by atoms with E-state index in [0.29, 0.717) is 33.4 Å². The molecule has 1 unspecified atom stereocenters. The molecule has 2 aromatic heterocycles. The third-order valence-corrected chi connectivity index (χ3v) is 6.33. The monoisotopic (exact) mass is 449 g/mol. The lowest BCUT2D eigenvalue weighted by atomic mass is 9.85. The molecular weight excluding hydrogens is 430 g/mol. The molecule has 33 heavy (non-hydrogen) atoms. The summed E-state index contributed by atoms with van der Waals surface area (Å²) in [6.07, 6.45) is 0.0881. The molecule has 0 bridgehead atoms. The van der Waals surface area contributed by atoms with Gasteiger partial charge < -0.3 is 14.0 Å². The first kappa shape index (κ1) is 20.8. The van der Waals surface area contributed by atoms with Crippen LogP contribution in [0.3, 0.4) is 0 Å². The first-order valence-electron chi connectivity index (χ1n) is 10.4. The zero-order valence-electron chi connectivity index (χ0n) is 18.1. The summed E-state index contributed by atoms with van der Waals surface area (Å²) in [4.78, 5) is 53.8. The number of nitrogens with zero attached hydrogens (tertiary/aromatic N) is 3. The molecule has 0 N–H and O–H groups in total. The van der Waals surface area contributed by atoms with E-state index in [1.807, 2.05) is 0 Å². The SMILES string of the molecule is CCC1(OC(C)=O)C(=O)OCc2c1cc1n(c2=O)Cc2cc3c([N+](=O)[O-])c(C)ccc3nc2-1. The Hall–Kier alpha value is -4.08. The van der Waals surface area contributed by atoms with Crippen molar-refractivity contribution in [3.63, 3.8) is 0 Å². The summed E-state index contributed by atoms with van der Waals surface area (Å²) >= 11 is 0. The van der Waals surface area contributed by atoms with Crippen LogP contribution in [-0.4, -0.2) is 26.4 Å². The van der Waals surface area contributed by atoms with E-state index in [0.717, 1.165) is 0 Å². The van der Waals surface area contributed by atoms with Gasteiger partial charge in [0.1, 0.15) is 6.61 Å². The van der Waals surface area contributed by atoms with Gasteiger partial charge >= 0.3 is 11.9 Å². The topological polar surface area (TPSA) is 131 Å². The van der Waals surface area contributed by atoms with E-state index in [-0.39, 0.29) is 41.9 Å². The van der Waals surface area contributed by atoms with Crippen molar-refractivity contribution in [3.8, 4) is 11.4 Å². The van der Waals surface area contributed by atoms with Crippen molar-refractivity contribution in [1.29, 1.82) is 0 Å². The van der Waals surface area contributed by atoms with Gasteiger partial charge in [0.25, 0.3) is 11.2 Å². The summed E-state index contributed by atoms with van der Waals surface area (Å²) in [5, 5.41) is 12.0. The Kier molecular flexibility index (Phi) is 4.39.